The minimum absolute atomic E-state index is 0.0217. The van der Waals surface area contributed by atoms with Gasteiger partial charge in [-0.25, -0.2) is 8.78 Å². The summed E-state index contributed by atoms with van der Waals surface area (Å²) in [6, 6.07) is 8.31. The van der Waals surface area contributed by atoms with Gasteiger partial charge in [-0.1, -0.05) is 25.1 Å². The molecule has 5 heteroatoms. The van der Waals surface area contributed by atoms with Crippen LogP contribution in [0.4, 0.5) is 13.2 Å². The quantitative estimate of drug-likeness (QED) is 0.621. The van der Waals surface area contributed by atoms with Crippen molar-refractivity contribution < 1.29 is 22.6 Å². The molecule has 0 saturated heterocycles. The van der Waals surface area contributed by atoms with E-state index < -0.39 is 11.6 Å². The minimum Gasteiger partial charge on any atom is -0.494 e. The van der Waals surface area contributed by atoms with E-state index >= 15 is 0 Å². The molecule has 2 aromatic carbocycles. The van der Waals surface area contributed by atoms with E-state index in [1.54, 1.807) is 12.1 Å². The average Bonchev–Trinajstić information content (AvgIpc) is 2.69. The van der Waals surface area contributed by atoms with E-state index in [4.69, 9.17) is 9.47 Å². The predicted molar refractivity (Wildman–Crippen MR) is 98.5 cm³/mol. The zero-order chi connectivity index (χ0) is 19.4. The summed E-state index contributed by atoms with van der Waals surface area (Å²) in [7, 11) is 1.32. The molecule has 2 nitrogen and oxygen atoms in total. The maximum absolute atomic E-state index is 14.3. The third-order valence-corrected chi connectivity index (χ3v) is 5.39. The molecule has 1 fully saturated rings. The summed E-state index contributed by atoms with van der Waals surface area (Å²) in [5.74, 6) is -2.03. The van der Waals surface area contributed by atoms with Gasteiger partial charge in [-0.3, -0.25) is 0 Å². The molecule has 1 saturated carbocycles. The van der Waals surface area contributed by atoms with Crippen molar-refractivity contribution in [2.75, 3.05) is 7.11 Å². The number of ether oxygens (including phenoxy) is 2. The molecule has 0 spiro atoms. The SMILES string of the molecule is CCc1ccc(COC2CCC(c3ccc(OC)c(F)c3F)CC2)cc1F. The molecule has 27 heavy (non-hydrogen) atoms. The lowest BCUT2D eigenvalue weighted by molar-refractivity contribution is 0.0130. The van der Waals surface area contributed by atoms with Gasteiger partial charge >= 0.3 is 0 Å². The van der Waals surface area contributed by atoms with Crippen LogP contribution in [-0.2, 0) is 17.8 Å². The Morgan fingerprint density at radius 1 is 0.963 bits per heavy atom. The van der Waals surface area contributed by atoms with Crippen LogP contribution in [0, 0.1) is 17.5 Å². The largest absolute Gasteiger partial charge is 0.494 e. The Morgan fingerprint density at radius 3 is 2.33 bits per heavy atom. The topological polar surface area (TPSA) is 18.5 Å². The van der Waals surface area contributed by atoms with E-state index in [0.29, 0.717) is 24.2 Å². The molecule has 0 atom stereocenters. The van der Waals surface area contributed by atoms with Gasteiger partial charge < -0.3 is 9.47 Å². The fourth-order valence-corrected chi connectivity index (χ4v) is 3.74. The summed E-state index contributed by atoms with van der Waals surface area (Å²) in [6.45, 7) is 2.28. The zero-order valence-corrected chi connectivity index (χ0v) is 15.7. The first kappa shape index (κ1) is 19.7. The molecule has 2 aromatic rings. The number of aryl methyl sites for hydroxylation is 1. The van der Waals surface area contributed by atoms with Crippen LogP contribution in [0.1, 0.15) is 55.2 Å². The van der Waals surface area contributed by atoms with Gasteiger partial charge in [-0.2, -0.15) is 4.39 Å². The molecule has 3 rings (SSSR count). The van der Waals surface area contributed by atoms with Crippen LogP contribution in [0.25, 0.3) is 0 Å². The summed E-state index contributed by atoms with van der Waals surface area (Å²) < 4.78 is 52.8. The second kappa shape index (κ2) is 8.79. The number of methoxy groups -OCH3 is 1. The van der Waals surface area contributed by atoms with Crippen LogP contribution in [0.2, 0.25) is 0 Å². The van der Waals surface area contributed by atoms with Crippen molar-refractivity contribution in [1.29, 1.82) is 0 Å². The maximum Gasteiger partial charge on any atom is 0.200 e. The van der Waals surface area contributed by atoms with Gasteiger partial charge in [-0.05, 0) is 66.8 Å². The average molecular weight is 378 g/mol. The monoisotopic (exact) mass is 378 g/mol. The first-order chi connectivity index (χ1) is 13.0. The zero-order valence-electron chi connectivity index (χ0n) is 15.7. The molecule has 0 bridgehead atoms. The number of rotatable bonds is 6. The van der Waals surface area contributed by atoms with E-state index in [-0.39, 0.29) is 23.6 Å². The lowest BCUT2D eigenvalue weighted by Crippen LogP contribution is -2.21. The molecular formula is C22H25F3O2. The molecule has 0 radical (unpaired) electrons. The number of hydrogen-bond acceptors (Lipinski definition) is 2. The van der Waals surface area contributed by atoms with E-state index in [1.165, 1.54) is 19.2 Å². The Kier molecular flexibility index (Phi) is 6.42. The maximum atomic E-state index is 14.3. The predicted octanol–water partition coefficient (Wildman–Crippen LogP) is 5.92. The Balaban J connectivity index is 1.55. The van der Waals surface area contributed by atoms with Crippen LogP contribution in [-0.4, -0.2) is 13.2 Å². The lowest BCUT2D eigenvalue weighted by atomic mass is 9.82. The number of hydrogen-bond donors (Lipinski definition) is 0. The molecule has 0 aliphatic heterocycles. The van der Waals surface area contributed by atoms with Crippen molar-refractivity contribution in [3.63, 3.8) is 0 Å². The highest BCUT2D eigenvalue weighted by Gasteiger charge is 2.27. The van der Waals surface area contributed by atoms with Gasteiger partial charge in [0.1, 0.15) is 5.82 Å². The van der Waals surface area contributed by atoms with Crippen LogP contribution in [0.15, 0.2) is 30.3 Å². The molecule has 0 unspecified atom stereocenters. The highest BCUT2D eigenvalue weighted by molar-refractivity contribution is 5.33. The van der Waals surface area contributed by atoms with Gasteiger partial charge in [0.2, 0.25) is 5.82 Å². The van der Waals surface area contributed by atoms with Gasteiger partial charge in [0, 0.05) is 0 Å². The molecule has 0 heterocycles. The fraction of sp³-hybridized carbons (Fsp3) is 0.455. The van der Waals surface area contributed by atoms with Crippen LogP contribution < -0.4 is 4.74 Å². The van der Waals surface area contributed by atoms with Gasteiger partial charge in [0.15, 0.2) is 11.6 Å². The van der Waals surface area contributed by atoms with Crippen LogP contribution in [0.5, 0.6) is 5.75 Å². The first-order valence-electron chi connectivity index (χ1n) is 9.44. The second-order valence-corrected chi connectivity index (χ2v) is 7.05. The summed E-state index contributed by atoms with van der Waals surface area (Å²) >= 11 is 0. The molecular weight excluding hydrogens is 353 g/mol. The number of benzene rings is 2. The Hall–Kier alpha value is -2.01. The second-order valence-electron chi connectivity index (χ2n) is 7.05. The molecule has 0 N–H and O–H groups in total. The highest BCUT2D eigenvalue weighted by Crippen LogP contribution is 2.37. The molecule has 1 aliphatic carbocycles. The third kappa shape index (κ3) is 4.46. The fourth-order valence-electron chi connectivity index (χ4n) is 3.74. The Bertz CT molecular complexity index is 783. The standard InChI is InChI=1S/C22H25F3O2/c1-3-15-5-4-14(12-19(15)23)13-27-17-8-6-16(7-9-17)18-10-11-20(26-2)22(25)21(18)24/h4-5,10-12,16-17H,3,6-9,13H2,1-2H3. The number of halogens is 3. The van der Waals surface area contributed by atoms with Crippen LogP contribution >= 0.6 is 0 Å². The summed E-state index contributed by atoms with van der Waals surface area (Å²) in [4.78, 5) is 0. The van der Waals surface area contributed by atoms with Gasteiger partial charge in [-0.15, -0.1) is 0 Å². The summed E-state index contributed by atoms with van der Waals surface area (Å²) in [5.41, 5.74) is 1.92. The van der Waals surface area contributed by atoms with Crippen molar-refractivity contribution in [1.82, 2.24) is 0 Å². The van der Waals surface area contributed by atoms with Crippen molar-refractivity contribution in [2.24, 2.45) is 0 Å². The van der Waals surface area contributed by atoms with E-state index in [0.717, 1.165) is 31.2 Å². The van der Waals surface area contributed by atoms with E-state index in [9.17, 15) is 13.2 Å². The lowest BCUT2D eigenvalue weighted by Gasteiger charge is -2.29. The van der Waals surface area contributed by atoms with Gasteiger partial charge in [0.05, 0.1) is 19.8 Å². The van der Waals surface area contributed by atoms with Crippen molar-refractivity contribution >= 4 is 0 Å². The van der Waals surface area contributed by atoms with E-state index in [2.05, 4.69) is 0 Å². The normalized spacial score (nSPS) is 19.9. The molecule has 0 amide bonds. The molecule has 0 aromatic heterocycles. The van der Waals surface area contributed by atoms with Crippen molar-refractivity contribution in [3.8, 4) is 5.75 Å². The van der Waals surface area contributed by atoms with Crippen molar-refractivity contribution in [3.05, 3.63) is 64.5 Å². The third-order valence-electron chi connectivity index (χ3n) is 5.39. The first-order valence-corrected chi connectivity index (χ1v) is 9.44. The van der Waals surface area contributed by atoms with Crippen molar-refractivity contribution in [2.45, 2.75) is 57.7 Å². The van der Waals surface area contributed by atoms with Gasteiger partial charge in [0.25, 0.3) is 0 Å². The van der Waals surface area contributed by atoms with Crippen LogP contribution in [0.3, 0.4) is 0 Å². The highest BCUT2D eigenvalue weighted by atomic mass is 19.2. The Labute approximate surface area is 158 Å². The summed E-state index contributed by atoms with van der Waals surface area (Å²) in [5, 5.41) is 0. The Morgan fingerprint density at radius 2 is 1.70 bits per heavy atom. The smallest absolute Gasteiger partial charge is 0.200 e. The summed E-state index contributed by atoms with van der Waals surface area (Å²) in [6.07, 6.45) is 3.73. The molecule has 1 aliphatic rings. The van der Waals surface area contributed by atoms with E-state index in [1.807, 2.05) is 13.0 Å². The minimum atomic E-state index is -0.925. The molecule has 146 valence electrons.